The fraction of sp³-hybridized carbons (Fsp3) is 0.0625. The highest BCUT2D eigenvalue weighted by molar-refractivity contribution is 5.77. The van der Waals surface area contributed by atoms with Crippen LogP contribution < -0.4 is 0 Å². The van der Waals surface area contributed by atoms with E-state index < -0.39 is 0 Å². The molecule has 0 bridgehead atoms. The van der Waals surface area contributed by atoms with Crippen LogP contribution in [0.15, 0.2) is 48.5 Å². The SMILES string of the molecule is Cc1ccc(-c2ccccc2C#CC=O)cc1. The molecule has 0 aliphatic rings. The van der Waals surface area contributed by atoms with Crippen LogP contribution in [0, 0.1) is 18.8 Å². The van der Waals surface area contributed by atoms with Gasteiger partial charge in [0.25, 0.3) is 0 Å². The summed E-state index contributed by atoms with van der Waals surface area (Å²) in [5.74, 6) is 5.31. The Morgan fingerprint density at radius 1 is 1.00 bits per heavy atom. The van der Waals surface area contributed by atoms with Crippen molar-refractivity contribution in [2.24, 2.45) is 0 Å². The fourth-order valence-electron chi connectivity index (χ4n) is 1.68. The molecule has 0 fully saturated rings. The molecule has 0 unspecified atom stereocenters. The van der Waals surface area contributed by atoms with Crippen molar-refractivity contribution < 1.29 is 4.79 Å². The molecule has 1 heteroatoms. The molecule has 0 saturated heterocycles. The fourth-order valence-corrected chi connectivity index (χ4v) is 1.68. The Balaban J connectivity index is 2.51. The summed E-state index contributed by atoms with van der Waals surface area (Å²) in [5.41, 5.74) is 4.28. The molecule has 17 heavy (non-hydrogen) atoms. The smallest absolute Gasteiger partial charge is 0.193 e. The van der Waals surface area contributed by atoms with E-state index in [1.165, 1.54) is 5.56 Å². The van der Waals surface area contributed by atoms with Crippen molar-refractivity contribution in [3.63, 3.8) is 0 Å². The number of hydrogen-bond donors (Lipinski definition) is 0. The van der Waals surface area contributed by atoms with E-state index >= 15 is 0 Å². The third-order valence-electron chi connectivity index (χ3n) is 2.56. The van der Waals surface area contributed by atoms with Crippen molar-refractivity contribution in [2.75, 3.05) is 0 Å². The maximum absolute atomic E-state index is 10.3. The van der Waals surface area contributed by atoms with Gasteiger partial charge in [0.15, 0.2) is 6.29 Å². The Bertz CT molecular complexity index is 583. The van der Waals surface area contributed by atoms with Gasteiger partial charge in [-0.05, 0) is 30.0 Å². The van der Waals surface area contributed by atoms with Crippen LogP contribution in [0.4, 0.5) is 0 Å². The number of aldehydes is 1. The number of aryl methyl sites for hydroxylation is 1. The first-order valence-electron chi connectivity index (χ1n) is 5.42. The molecular formula is C16H12O. The van der Waals surface area contributed by atoms with Gasteiger partial charge in [0.2, 0.25) is 0 Å². The molecule has 1 nitrogen and oxygen atoms in total. The van der Waals surface area contributed by atoms with Crippen LogP contribution in [0.1, 0.15) is 11.1 Å². The zero-order chi connectivity index (χ0) is 12.1. The highest BCUT2D eigenvalue weighted by Gasteiger charge is 2.01. The van der Waals surface area contributed by atoms with Gasteiger partial charge in [-0.2, -0.15) is 0 Å². The molecular weight excluding hydrogens is 208 g/mol. The predicted octanol–water partition coefficient (Wildman–Crippen LogP) is 3.21. The second-order valence-electron chi connectivity index (χ2n) is 3.80. The number of benzene rings is 2. The zero-order valence-electron chi connectivity index (χ0n) is 9.60. The number of hydrogen-bond acceptors (Lipinski definition) is 1. The summed E-state index contributed by atoms with van der Waals surface area (Å²) in [5, 5.41) is 0. The van der Waals surface area contributed by atoms with Gasteiger partial charge in [0.1, 0.15) is 0 Å². The minimum atomic E-state index is 0.617. The quantitative estimate of drug-likeness (QED) is 0.532. The standard InChI is InChI=1S/C16H12O/c1-13-8-10-15(11-9-13)16-7-3-2-5-14(16)6-4-12-17/h2-3,5,7-12H,1H3. The lowest BCUT2D eigenvalue weighted by Gasteiger charge is -2.04. The first-order valence-corrected chi connectivity index (χ1v) is 5.42. The van der Waals surface area contributed by atoms with E-state index in [4.69, 9.17) is 0 Å². The van der Waals surface area contributed by atoms with Crippen LogP contribution in [0.25, 0.3) is 11.1 Å². The first kappa shape index (κ1) is 11.2. The van der Waals surface area contributed by atoms with Crippen LogP contribution in [-0.2, 0) is 4.79 Å². The Hall–Kier alpha value is -2.33. The topological polar surface area (TPSA) is 17.1 Å². The summed E-state index contributed by atoms with van der Waals surface area (Å²) in [4.78, 5) is 10.3. The third-order valence-corrected chi connectivity index (χ3v) is 2.56. The Kier molecular flexibility index (Phi) is 3.37. The van der Waals surface area contributed by atoms with Crippen molar-refractivity contribution in [2.45, 2.75) is 6.92 Å². The van der Waals surface area contributed by atoms with Crippen LogP contribution >= 0.6 is 0 Å². The van der Waals surface area contributed by atoms with Gasteiger partial charge in [-0.25, -0.2) is 0 Å². The highest BCUT2D eigenvalue weighted by atomic mass is 16.1. The molecule has 2 aromatic carbocycles. The van der Waals surface area contributed by atoms with Crippen molar-refractivity contribution in [3.8, 4) is 23.0 Å². The van der Waals surface area contributed by atoms with Crippen LogP contribution in [0.2, 0.25) is 0 Å². The molecule has 0 radical (unpaired) electrons. The maximum Gasteiger partial charge on any atom is 0.193 e. The summed E-state index contributed by atoms with van der Waals surface area (Å²) >= 11 is 0. The monoisotopic (exact) mass is 220 g/mol. The van der Waals surface area contributed by atoms with Crippen molar-refractivity contribution in [1.82, 2.24) is 0 Å². The molecule has 0 atom stereocenters. The molecule has 0 amide bonds. The number of rotatable bonds is 1. The predicted molar refractivity (Wildman–Crippen MR) is 69.6 cm³/mol. The lowest BCUT2D eigenvalue weighted by molar-refractivity contribution is -0.103. The van der Waals surface area contributed by atoms with Crippen LogP contribution in [0.3, 0.4) is 0 Å². The van der Waals surface area contributed by atoms with E-state index in [2.05, 4.69) is 43.0 Å². The lowest BCUT2D eigenvalue weighted by atomic mass is 9.99. The molecule has 2 rings (SSSR count). The van der Waals surface area contributed by atoms with E-state index in [9.17, 15) is 4.79 Å². The molecule has 82 valence electrons. The summed E-state index contributed by atoms with van der Waals surface area (Å²) in [6, 6.07) is 16.1. The second-order valence-corrected chi connectivity index (χ2v) is 3.80. The summed E-state index contributed by atoms with van der Waals surface area (Å²) in [7, 11) is 0. The van der Waals surface area contributed by atoms with E-state index in [1.54, 1.807) is 0 Å². The average molecular weight is 220 g/mol. The van der Waals surface area contributed by atoms with Gasteiger partial charge in [-0.3, -0.25) is 4.79 Å². The van der Waals surface area contributed by atoms with Gasteiger partial charge >= 0.3 is 0 Å². The molecule has 0 aliphatic carbocycles. The van der Waals surface area contributed by atoms with Crippen LogP contribution in [0.5, 0.6) is 0 Å². The lowest BCUT2D eigenvalue weighted by Crippen LogP contribution is -1.84. The normalized spacial score (nSPS) is 9.24. The molecule has 2 aromatic rings. The van der Waals surface area contributed by atoms with E-state index in [1.807, 2.05) is 24.3 Å². The molecule has 0 saturated carbocycles. The summed E-state index contributed by atoms with van der Waals surface area (Å²) < 4.78 is 0. The Morgan fingerprint density at radius 3 is 2.41 bits per heavy atom. The number of carbonyl (C=O) groups excluding carboxylic acids is 1. The van der Waals surface area contributed by atoms with E-state index in [-0.39, 0.29) is 0 Å². The van der Waals surface area contributed by atoms with E-state index in [0.717, 1.165) is 16.7 Å². The molecule has 0 aliphatic heterocycles. The summed E-state index contributed by atoms with van der Waals surface area (Å²) in [6.07, 6.45) is 0.617. The Morgan fingerprint density at radius 2 is 1.71 bits per heavy atom. The second kappa shape index (κ2) is 5.14. The van der Waals surface area contributed by atoms with Gasteiger partial charge < -0.3 is 0 Å². The van der Waals surface area contributed by atoms with Gasteiger partial charge in [0, 0.05) is 5.56 Å². The van der Waals surface area contributed by atoms with Crippen molar-refractivity contribution in [1.29, 1.82) is 0 Å². The minimum Gasteiger partial charge on any atom is -0.289 e. The number of carbonyl (C=O) groups is 1. The van der Waals surface area contributed by atoms with Gasteiger partial charge in [-0.15, -0.1) is 0 Å². The Labute approximate surface area is 101 Å². The molecule has 0 spiro atoms. The molecule has 0 heterocycles. The van der Waals surface area contributed by atoms with Crippen molar-refractivity contribution >= 4 is 6.29 Å². The first-order chi connectivity index (χ1) is 8.31. The average Bonchev–Trinajstić information content (AvgIpc) is 2.38. The van der Waals surface area contributed by atoms with Crippen molar-refractivity contribution in [3.05, 3.63) is 59.7 Å². The van der Waals surface area contributed by atoms with Gasteiger partial charge in [-0.1, -0.05) is 53.9 Å². The molecule has 0 aromatic heterocycles. The zero-order valence-corrected chi connectivity index (χ0v) is 9.60. The van der Waals surface area contributed by atoms with Gasteiger partial charge in [0.05, 0.1) is 0 Å². The van der Waals surface area contributed by atoms with E-state index in [0.29, 0.717) is 6.29 Å². The molecule has 0 N–H and O–H groups in total. The summed E-state index contributed by atoms with van der Waals surface area (Å²) in [6.45, 7) is 2.06. The van der Waals surface area contributed by atoms with Crippen LogP contribution in [-0.4, -0.2) is 6.29 Å². The largest absolute Gasteiger partial charge is 0.289 e. The third kappa shape index (κ3) is 2.62. The highest BCUT2D eigenvalue weighted by Crippen LogP contribution is 2.23. The maximum atomic E-state index is 10.3. The minimum absolute atomic E-state index is 0.617.